The number of carbonyl (C=O) groups is 1. The first-order valence-electron chi connectivity index (χ1n) is 7.74. The number of fused-ring (bicyclic) bond motifs is 1. The van der Waals surface area contributed by atoms with Gasteiger partial charge >= 0.3 is 0 Å². The lowest BCUT2D eigenvalue weighted by atomic mass is 10.1. The van der Waals surface area contributed by atoms with Gasteiger partial charge in [0.25, 0.3) is 0 Å². The van der Waals surface area contributed by atoms with E-state index in [0.29, 0.717) is 19.1 Å². The first-order chi connectivity index (χ1) is 10.2. The molecule has 6 heteroatoms. The van der Waals surface area contributed by atoms with Crippen molar-refractivity contribution in [2.75, 3.05) is 32.0 Å². The van der Waals surface area contributed by atoms with Crippen LogP contribution in [-0.4, -0.2) is 58.6 Å². The fourth-order valence-corrected chi connectivity index (χ4v) is 2.77. The molecule has 21 heavy (non-hydrogen) atoms. The Kier molecular flexibility index (Phi) is 4.05. The van der Waals surface area contributed by atoms with Crippen LogP contribution in [0.2, 0.25) is 0 Å². The Labute approximate surface area is 125 Å². The van der Waals surface area contributed by atoms with Crippen LogP contribution < -0.4 is 5.32 Å². The molecule has 1 N–H and O–H groups in total. The minimum absolute atomic E-state index is 0.219. The molecule has 0 spiro atoms. The molecule has 1 aromatic heterocycles. The largest absolute Gasteiger partial charge is 0.369 e. The van der Waals surface area contributed by atoms with E-state index < -0.39 is 0 Å². The van der Waals surface area contributed by atoms with E-state index in [9.17, 15) is 4.79 Å². The van der Waals surface area contributed by atoms with Gasteiger partial charge in [0.15, 0.2) is 0 Å². The second-order valence-electron chi connectivity index (χ2n) is 5.94. The maximum Gasteiger partial charge on any atom is 0.237 e. The van der Waals surface area contributed by atoms with Gasteiger partial charge in [-0.05, 0) is 38.4 Å². The number of nitrogens with zero attached hydrogens (tertiary/aromatic N) is 4. The summed E-state index contributed by atoms with van der Waals surface area (Å²) in [6.45, 7) is 4.78. The van der Waals surface area contributed by atoms with Crippen LogP contribution in [0.25, 0.3) is 0 Å². The van der Waals surface area contributed by atoms with Gasteiger partial charge in [-0.25, -0.2) is 0 Å². The number of hydrogen-bond acceptors (Lipinski definition) is 5. The lowest BCUT2D eigenvalue weighted by molar-refractivity contribution is -0.133. The van der Waals surface area contributed by atoms with Crippen molar-refractivity contribution >= 4 is 11.7 Å². The molecule has 1 aliphatic carbocycles. The highest BCUT2D eigenvalue weighted by atomic mass is 16.2. The fraction of sp³-hybridized carbons (Fsp3) is 0.667. The predicted octanol–water partition coefficient (Wildman–Crippen LogP) is 0.887. The van der Waals surface area contributed by atoms with Crippen LogP contribution in [0.5, 0.6) is 0 Å². The van der Waals surface area contributed by atoms with Crippen LogP contribution in [0.1, 0.15) is 31.0 Å². The summed E-state index contributed by atoms with van der Waals surface area (Å²) in [5, 5.41) is 11.6. The number of aromatic nitrogens is 2. The molecule has 3 rings (SSSR count). The molecule has 0 bridgehead atoms. The highest BCUT2D eigenvalue weighted by Gasteiger charge is 2.29. The van der Waals surface area contributed by atoms with Crippen LogP contribution in [0.3, 0.4) is 0 Å². The lowest BCUT2D eigenvalue weighted by Gasteiger charge is -2.29. The number of nitrogens with one attached hydrogen (secondary N) is 1. The molecule has 0 saturated heterocycles. The Morgan fingerprint density at radius 2 is 2.29 bits per heavy atom. The Morgan fingerprint density at radius 3 is 3.00 bits per heavy atom. The Morgan fingerprint density at radius 1 is 1.48 bits per heavy atom. The van der Waals surface area contributed by atoms with Gasteiger partial charge in [0.2, 0.25) is 5.91 Å². The zero-order valence-corrected chi connectivity index (χ0v) is 12.8. The normalized spacial score (nSPS) is 17.8. The molecular formula is C15H23N5O. The van der Waals surface area contributed by atoms with Crippen molar-refractivity contribution in [3.05, 3.63) is 17.3 Å². The molecule has 2 aliphatic rings. The Hall–Kier alpha value is -1.69. The Bertz CT molecular complexity index is 529. The minimum Gasteiger partial charge on any atom is -0.369 e. The van der Waals surface area contributed by atoms with Gasteiger partial charge in [-0.3, -0.25) is 9.69 Å². The van der Waals surface area contributed by atoms with Gasteiger partial charge in [-0.2, -0.15) is 5.10 Å². The molecule has 0 atom stereocenters. The lowest BCUT2D eigenvalue weighted by Crippen LogP contribution is -2.42. The van der Waals surface area contributed by atoms with Crippen molar-refractivity contribution in [1.82, 2.24) is 20.0 Å². The molecule has 1 fully saturated rings. The van der Waals surface area contributed by atoms with E-state index in [1.807, 2.05) is 24.9 Å². The molecule has 1 aromatic rings. The molecule has 114 valence electrons. The molecule has 0 aromatic carbocycles. The van der Waals surface area contributed by atoms with Gasteiger partial charge in [0.1, 0.15) is 5.82 Å². The maximum absolute atomic E-state index is 12.4. The molecule has 2 heterocycles. The smallest absolute Gasteiger partial charge is 0.237 e. The van der Waals surface area contributed by atoms with Gasteiger partial charge in [0.05, 0.1) is 12.2 Å². The van der Waals surface area contributed by atoms with Crippen molar-refractivity contribution in [3.63, 3.8) is 0 Å². The highest BCUT2D eigenvalue weighted by Crippen LogP contribution is 2.25. The second kappa shape index (κ2) is 5.97. The molecule has 1 saturated carbocycles. The maximum atomic E-state index is 12.4. The van der Waals surface area contributed by atoms with E-state index in [2.05, 4.69) is 20.4 Å². The predicted molar refractivity (Wildman–Crippen MR) is 81.0 cm³/mol. The first kappa shape index (κ1) is 14.3. The third-order valence-electron chi connectivity index (χ3n) is 4.21. The molecule has 0 unspecified atom stereocenters. The van der Waals surface area contributed by atoms with Gasteiger partial charge in [-0.1, -0.05) is 0 Å². The summed E-state index contributed by atoms with van der Waals surface area (Å²) in [5.41, 5.74) is 2.14. The zero-order valence-electron chi connectivity index (χ0n) is 12.8. The molecular weight excluding hydrogens is 266 g/mol. The highest BCUT2D eigenvalue weighted by molar-refractivity contribution is 5.78. The van der Waals surface area contributed by atoms with E-state index in [4.69, 9.17) is 0 Å². The van der Waals surface area contributed by atoms with Crippen LogP contribution in [0, 0.1) is 0 Å². The SMILES string of the molecule is CCNc1cc2c(nn1)CCN(C(=O)CN(C)C1CC1)C2. The van der Waals surface area contributed by atoms with Crippen molar-refractivity contribution in [2.45, 2.75) is 38.8 Å². The summed E-state index contributed by atoms with van der Waals surface area (Å²) in [7, 11) is 2.04. The summed E-state index contributed by atoms with van der Waals surface area (Å²) in [6.07, 6.45) is 3.26. The number of likely N-dealkylation sites (N-methyl/N-ethyl adjacent to an activating group) is 1. The second-order valence-corrected chi connectivity index (χ2v) is 5.94. The summed E-state index contributed by atoms with van der Waals surface area (Å²) in [6, 6.07) is 2.65. The van der Waals surface area contributed by atoms with Crippen LogP contribution in [-0.2, 0) is 17.8 Å². The van der Waals surface area contributed by atoms with Gasteiger partial charge < -0.3 is 10.2 Å². The van der Waals surface area contributed by atoms with Crippen molar-refractivity contribution in [3.8, 4) is 0 Å². The standard InChI is InChI=1S/C15H23N5O/c1-3-16-14-8-11-9-20(7-6-13(11)17-18-14)15(21)10-19(2)12-4-5-12/h8,12H,3-7,9-10H2,1-2H3,(H,16,18). The average Bonchev–Trinajstić information content (AvgIpc) is 3.31. The van der Waals surface area contributed by atoms with Gasteiger partial charge in [0, 0.05) is 32.1 Å². The van der Waals surface area contributed by atoms with Crippen molar-refractivity contribution in [2.24, 2.45) is 0 Å². The quantitative estimate of drug-likeness (QED) is 0.872. The van der Waals surface area contributed by atoms with E-state index in [0.717, 1.165) is 36.6 Å². The van der Waals surface area contributed by atoms with Crippen LogP contribution >= 0.6 is 0 Å². The summed E-state index contributed by atoms with van der Waals surface area (Å²) in [4.78, 5) is 16.5. The Balaban J connectivity index is 1.64. The first-order valence-corrected chi connectivity index (χ1v) is 7.74. The molecule has 0 radical (unpaired) electrons. The molecule has 6 nitrogen and oxygen atoms in total. The fourth-order valence-electron chi connectivity index (χ4n) is 2.77. The van der Waals surface area contributed by atoms with Gasteiger partial charge in [-0.15, -0.1) is 5.10 Å². The van der Waals surface area contributed by atoms with E-state index in [1.165, 1.54) is 12.8 Å². The van der Waals surface area contributed by atoms with E-state index in [1.54, 1.807) is 0 Å². The topological polar surface area (TPSA) is 61.4 Å². The van der Waals surface area contributed by atoms with Crippen molar-refractivity contribution < 1.29 is 4.79 Å². The number of rotatable bonds is 5. The van der Waals surface area contributed by atoms with E-state index >= 15 is 0 Å². The third kappa shape index (κ3) is 3.32. The molecule has 1 aliphatic heterocycles. The summed E-state index contributed by atoms with van der Waals surface area (Å²) < 4.78 is 0. The summed E-state index contributed by atoms with van der Waals surface area (Å²) >= 11 is 0. The van der Waals surface area contributed by atoms with Crippen LogP contribution in [0.15, 0.2) is 6.07 Å². The number of hydrogen-bond donors (Lipinski definition) is 1. The molecule has 1 amide bonds. The zero-order chi connectivity index (χ0) is 14.8. The number of carbonyl (C=O) groups excluding carboxylic acids is 1. The number of anilines is 1. The average molecular weight is 289 g/mol. The van der Waals surface area contributed by atoms with Crippen LogP contribution in [0.4, 0.5) is 5.82 Å². The van der Waals surface area contributed by atoms with E-state index in [-0.39, 0.29) is 5.91 Å². The minimum atomic E-state index is 0.219. The van der Waals surface area contributed by atoms with Crippen molar-refractivity contribution in [1.29, 1.82) is 0 Å². The third-order valence-corrected chi connectivity index (χ3v) is 4.21. The number of amides is 1. The summed E-state index contributed by atoms with van der Waals surface area (Å²) in [5.74, 6) is 1.01. The monoisotopic (exact) mass is 289 g/mol.